The number of hydrogen-bond acceptors (Lipinski definition) is 6. The van der Waals surface area contributed by atoms with E-state index < -0.39 is 12.1 Å². The number of nitrogens with zero attached hydrogens (tertiary/aromatic N) is 2. The number of ether oxygens (including phenoxy) is 2. The third kappa shape index (κ3) is 6.31. The van der Waals surface area contributed by atoms with Crippen molar-refractivity contribution in [3.05, 3.63) is 115 Å². The van der Waals surface area contributed by atoms with Crippen molar-refractivity contribution < 1.29 is 19.7 Å². The highest BCUT2D eigenvalue weighted by atomic mass is 35.5. The third-order valence-electron chi connectivity index (χ3n) is 6.13. The molecule has 0 aliphatic carbocycles. The Balaban J connectivity index is 2.03. The van der Waals surface area contributed by atoms with Gasteiger partial charge in [-0.05, 0) is 48.5 Å². The Kier molecular flexibility index (Phi) is 9.82. The monoisotopic (exact) mass is 616 g/mol. The van der Waals surface area contributed by atoms with Gasteiger partial charge in [-0.2, -0.15) is 0 Å². The zero-order valence-corrected chi connectivity index (χ0v) is 24.4. The number of para-hydroxylation sites is 2. The van der Waals surface area contributed by atoms with Gasteiger partial charge in [-0.15, -0.1) is 0 Å². The van der Waals surface area contributed by atoms with E-state index in [1.807, 2.05) is 0 Å². The Morgan fingerprint density at radius 2 is 0.975 bits per heavy atom. The van der Waals surface area contributed by atoms with Crippen LogP contribution in [0.4, 0.5) is 0 Å². The van der Waals surface area contributed by atoms with E-state index in [1.165, 1.54) is 26.6 Å². The second-order valence-electron chi connectivity index (χ2n) is 8.52. The van der Waals surface area contributed by atoms with Crippen LogP contribution < -0.4 is 9.47 Å². The molecule has 2 N–H and O–H groups in total. The lowest BCUT2D eigenvalue weighted by Gasteiger charge is -2.26. The van der Waals surface area contributed by atoms with E-state index in [0.717, 1.165) is 0 Å². The van der Waals surface area contributed by atoms with E-state index >= 15 is 0 Å². The number of benzene rings is 4. The second-order valence-corrected chi connectivity index (χ2v) is 10.1. The van der Waals surface area contributed by atoms with Gasteiger partial charge in [0.15, 0.2) is 0 Å². The number of aromatic hydroxyl groups is 2. The van der Waals surface area contributed by atoms with Crippen LogP contribution >= 0.6 is 46.4 Å². The first-order valence-electron chi connectivity index (χ1n) is 11.9. The third-order valence-corrected chi connectivity index (χ3v) is 7.57. The first kappa shape index (κ1) is 29.6. The molecule has 0 radical (unpaired) electrons. The minimum Gasteiger partial charge on any atom is -0.507 e. The lowest BCUT2D eigenvalue weighted by molar-refractivity contribution is 0.412. The molecular formula is C30H24Cl4N2O4. The molecule has 6 nitrogen and oxygen atoms in total. The molecule has 2 atom stereocenters. The molecule has 4 aromatic carbocycles. The number of aliphatic imine (C=N–C) groups is 2. The van der Waals surface area contributed by atoms with Crippen molar-refractivity contribution in [2.75, 3.05) is 14.2 Å². The quantitative estimate of drug-likeness (QED) is 0.184. The molecule has 4 aromatic rings. The number of rotatable bonds is 9. The van der Waals surface area contributed by atoms with Gasteiger partial charge in [-0.3, -0.25) is 9.98 Å². The zero-order chi connectivity index (χ0) is 28.8. The van der Waals surface area contributed by atoms with Gasteiger partial charge in [0.1, 0.15) is 35.1 Å². The Hall–Kier alpha value is -3.42. The van der Waals surface area contributed by atoms with Crippen molar-refractivity contribution in [1.82, 2.24) is 0 Å². The van der Waals surface area contributed by atoms with Crippen molar-refractivity contribution in [3.63, 3.8) is 0 Å². The summed E-state index contributed by atoms with van der Waals surface area (Å²) in [5.41, 5.74) is 1.69. The normalized spacial score (nSPS) is 13.1. The maximum Gasteiger partial charge on any atom is 0.137 e. The fourth-order valence-corrected chi connectivity index (χ4v) is 5.44. The fraction of sp³-hybridized carbons (Fsp3) is 0.133. The summed E-state index contributed by atoms with van der Waals surface area (Å²) in [5, 5.41) is 21.8. The summed E-state index contributed by atoms with van der Waals surface area (Å²) >= 11 is 27.1. The smallest absolute Gasteiger partial charge is 0.137 e. The van der Waals surface area contributed by atoms with Crippen LogP contribution in [0.15, 0.2) is 82.8 Å². The molecule has 10 heteroatoms. The number of hydrogen-bond donors (Lipinski definition) is 2. The first-order chi connectivity index (χ1) is 19.3. The second kappa shape index (κ2) is 13.3. The highest BCUT2D eigenvalue weighted by Gasteiger charge is 2.33. The van der Waals surface area contributed by atoms with Crippen LogP contribution in [0.2, 0.25) is 20.1 Å². The van der Waals surface area contributed by atoms with Crippen molar-refractivity contribution >= 4 is 58.8 Å². The molecule has 0 heterocycles. The van der Waals surface area contributed by atoms with E-state index in [2.05, 4.69) is 0 Å². The van der Waals surface area contributed by atoms with Crippen LogP contribution in [-0.2, 0) is 0 Å². The van der Waals surface area contributed by atoms with Gasteiger partial charge in [0, 0.05) is 44.7 Å². The Bertz CT molecular complexity index is 1460. The van der Waals surface area contributed by atoms with Crippen molar-refractivity contribution in [2.24, 2.45) is 9.98 Å². The topological polar surface area (TPSA) is 83.6 Å². The number of phenols is 2. The van der Waals surface area contributed by atoms with E-state index in [1.54, 1.807) is 72.8 Å². The predicted octanol–water partition coefficient (Wildman–Crippen LogP) is 8.75. The molecule has 0 saturated heterocycles. The molecule has 0 aliphatic heterocycles. The van der Waals surface area contributed by atoms with Gasteiger partial charge in [-0.25, -0.2) is 0 Å². The van der Waals surface area contributed by atoms with Crippen LogP contribution in [-0.4, -0.2) is 36.9 Å². The Labute approximate surface area is 252 Å². The number of phenolic OH excluding ortho intramolecular Hbond substituents is 2. The van der Waals surface area contributed by atoms with Crippen LogP contribution in [0.5, 0.6) is 23.0 Å². The van der Waals surface area contributed by atoms with E-state index in [-0.39, 0.29) is 21.5 Å². The van der Waals surface area contributed by atoms with Crippen molar-refractivity contribution in [2.45, 2.75) is 12.1 Å². The largest absolute Gasteiger partial charge is 0.507 e. The molecule has 0 aromatic heterocycles. The van der Waals surface area contributed by atoms with Gasteiger partial charge >= 0.3 is 0 Å². The first-order valence-corrected chi connectivity index (χ1v) is 13.4. The summed E-state index contributed by atoms with van der Waals surface area (Å²) in [5.74, 6) is 0.796. The lowest BCUT2D eigenvalue weighted by atomic mass is 9.93. The average molecular weight is 618 g/mol. The SMILES string of the molecule is COc1ccc(Cl)c([C@@H](N=Cc2ccccc2O)[C@@H](N=Cc2ccccc2O)c2c(Cl)ccc(OC)c2Cl)c1Cl. The van der Waals surface area contributed by atoms with Crippen LogP contribution in [0.1, 0.15) is 34.3 Å². The maximum atomic E-state index is 10.4. The molecule has 0 bridgehead atoms. The minimum absolute atomic E-state index is 0.0274. The van der Waals surface area contributed by atoms with Gasteiger partial charge in [0.05, 0.1) is 24.3 Å². The molecule has 0 aliphatic rings. The molecule has 0 unspecified atom stereocenters. The molecule has 0 amide bonds. The molecule has 4 rings (SSSR count). The van der Waals surface area contributed by atoms with Gasteiger partial charge in [0.2, 0.25) is 0 Å². The van der Waals surface area contributed by atoms with Crippen LogP contribution in [0, 0.1) is 0 Å². The van der Waals surface area contributed by atoms with Crippen LogP contribution in [0.3, 0.4) is 0 Å². The van der Waals surface area contributed by atoms with Crippen molar-refractivity contribution in [3.8, 4) is 23.0 Å². The Morgan fingerprint density at radius 1 is 0.600 bits per heavy atom. The van der Waals surface area contributed by atoms with Crippen molar-refractivity contribution in [1.29, 1.82) is 0 Å². The predicted molar refractivity (Wildman–Crippen MR) is 163 cm³/mol. The molecule has 206 valence electrons. The summed E-state index contributed by atoms with van der Waals surface area (Å²) in [6.07, 6.45) is 2.99. The summed E-state index contributed by atoms with van der Waals surface area (Å²) in [6.45, 7) is 0. The van der Waals surface area contributed by atoms with E-state index in [4.69, 9.17) is 65.9 Å². The number of methoxy groups -OCH3 is 2. The molecule has 0 fully saturated rings. The van der Waals surface area contributed by atoms with Gasteiger partial charge in [0.25, 0.3) is 0 Å². The lowest BCUT2D eigenvalue weighted by Crippen LogP contribution is -2.12. The van der Waals surface area contributed by atoms with Crippen LogP contribution in [0.25, 0.3) is 0 Å². The molecule has 40 heavy (non-hydrogen) atoms. The van der Waals surface area contributed by atoms with Gasteiger partial charge < -0.3 is 19.7 Å². The van der Waals surface area contributed by atoms with E-state index in [0.29, 0.717) is 43.8 Å². The summed E-state index contributed by atoms with van der Waals surface area (Å²) in [6, 6.07) is 18.2. The molecule has 0 spiro atoms. The van der Waals surface area contributed by atoms with E-state index in [9.17, 15) is 10.2 Å². The summed E-state index contributed by atoms with van der Waals surface area (Å²) in [7, 11) is 2.98. The Morgan fingerprint density at radius 3 is 1.32 bits per heavy atom. The summed E-state index contributed by atoms with van der Waals surface area (Å²) in [4.78, 5) is 9.65. The number of halogens is 4. The van der Waals surface area contributed by atoms with Gasteiger partial charge in [-0.1, -0.05) is 70.7 Å². The maximum absolute atomic E-state index is 10.4. The highest BCUT2D eigenvalue weighted by Crippen LogP contribution is 2.49. The minimum atomic E-state index is -0.932. The zero-order valence-electron chi connectivity index (χ0n) is 21.4. The fourth-order valence-electron chi connectivity index (χ4n) is 4.10. The molecular weight excluding hydrogens is 594 g/mol. The summed E-state index contributed by atoms with van der Waals surface area (Å²) < 4.78 is 10.9. The highest BCUT2D eigenvalue weighted by molar-refractivity contribution is 6.38. The standard InChI is InChI=1S/C30H24Cl4N2O4/c1-39-23-13-11-19(31)25(27(23)33)29(35-15-17-7-3-5-9-21(17)37)30(36-16-18-8-4-6-10-22(18)38)26-20(32)12-14-24(40-2)28(26)34/h3-16,29-30,37-38H,1-2H3/t29-,30+. The average Bonchev–Trinajstić information content (AvgIpc) is 2.94. The molecule has 0 saturated carbocycles.